The van der Waals surface area contributed by atoms with Crippen molar-refractivity contribution in [3.05, 3.63) is 23.5 Å². The molecule has 4 heterocycles. The van der Waals surface area contributed by atoms with Crippen LogP contribution in [0.15, 0.2) is 12.3 Å². The van der Waals surface area contributed by atoms with Crippen LogP contribution in [0, 0.1) is 6.92 Å². The maximum atomic E-state index is 12.9. The van der Waals surface area contributed by atoms with Crippen LogP contribution in [0.4, 0.5) is 11.8 Å². The molecule has 2 saturated heterocycles. The molecule has 0 spiro atoms. The van der Waals surface area contributed by atoms with E-state index in [1.807, 2.05) is 11.8 Å². The van der Waals surface area contributed by atoms with Gasteiger partial charge in [-0.2, -0.15) is 4.98 Å². The van der Waals surface area contributed by atoms with Gasteiger partial charge in [-0.25, -0.2) is 4.98 Å². The summed E-state index contributed by atoms with van der Waals surface area (Å²) in [6.45, 7) is 8.65. The van der Waals surface area contributed by atoms with Crippen molar-refractivity contribution >= 4 is 17.7 Å². The van der Waals surface area contributed by atoms with Gasteiger partial charge in [0.15, 0.2) is 0 Å². The molecule has 0 aromatic carbocycles. The van der Waals surface area contributed by atoms with Crippen molar-refractivity contribution in [1.82, 2.24) is 29.5 Å². The molecular weight excluding hydrogens is 384 g/mol. The summed E-state index contributed by atoms with van der Waals surface area (Å²) >= 11 is 0. The Morgan fingerprint density at radius 3 is 2.30 bits per heavy atom. The fourth-order valence-corrected chi connectivity index (χ4v) is 3.92. The first-order valence-electron chi connectivity index (χ1n) is 10.4. The Morgan fingerprint density at radius 2 is 1.63 bits per heavy atom. The zero-order valence-electron chi connectivity index (χ0n) is 18.2. The van der Waals surface area contributed by atoms with E-state index >= 15 is 0 Å². The van der Waals surface area contributed by atoms with E-state index in [-0.39, 0.29) is 5.91 Å². The summed E-state index contributed by atoms with van der Waals surface area (Å²) in [5.74, 6) is 2.05. The lowest BCUT2D eigenvalue weighted by atomic mass is 10.2. The monoisotopic (exact) mass is 414 g/mol. The van der Waals surface area contributed by atoms with Crippen LogP contribution in [0.5, 0.6) is 5.88 Å². The number of carbonyl (C=O) groups is 1. The number of anilines is 2. The molecule has 0 bridgehead atoms. The zero-order chi connectivity index (χ0) is 21.3. The minimum Gasteiger partial charge on any atom is -0.479 e. The molecule has 2 aromatic rings. The molecule has 2 fully saturated rings. The standard InChI is InChI=1S/C20H30N8O2/c1-15-13-17(26-7-5-24(2)6-8-26)22-20(21-15)28-11-9-27(10-12-28)19(29)16-14-25(3)23-18(16)30-4/h13-14H,5-12H2,1-4H3. The zero-order valence-corrected chi connectivity index (χ0v) is 18.2. The van der Waals surface area contributed by atoms with Gasteiger partial charge in [0, 0.05) is 77.4 Å². The number of nitrogens with zero attached hydrogens (tertiary/aromatic N) is 8. The normalized spacial score (nSPS) is 18.1. The fourth-order valence-electron chi connectivity index (χ4n) is 3.92. The Hall–Kier alpha value is -2.88. The van der Waals surface area contributed by atoms with Crippen LogP contribution in [-0.4, -0.2) is 102 Å². The van der Waals surface area contributed by atoms with E-state index in [0.717, 1.165) is 43.6 Å². The number of likely N-dealkylation sites (N-methyl/N-ethyl adjacent to an activating group) is 1. The first-order chi connectivity index (χ1) is 14.4. The van der Waals surface area contributed by atoms with Crippen molar-refractivity contribution in [2.75, 3.05) is 76.3 Å². The van der Waals surface area contributed by atoms with Gasteiger partial charge < -0.3 is 24.3 Å². The third kappa shape index (κ3) is 4.18. The summed E-state index contributed by atoms with van der Waals surface area (Å²) < 4.78 is 6.84. The van der Waals surface area contributed by atoms with Gasteiger partial charge in [-0.05, 0) is 14.0 Å². The topological polar surface area (TPSA) is 82.9 Å². The lowest BCUT2D eigenvalue weighted by Gasteiger charge is -2.36. The van der Waals surface area contributed by atoms with Crippen LogP contribution in [0.3, 0.4) is 0 Å². The minimum absolute atomic E-state index is 0.0529. The summed E-state index contributed by atoms with van der Waals surface area (Å²) in [6.07, 6.45) is 1.71. The number of rotatable bonds is 4. The molecule has 0 unspecified atom stereocenters. The minimum atomic E-state index is -0.0529. The van der Waals surface area contributed by atoms with Crippen LogP contribution in [0.2, 0.25) is 0 Å². The van der Waals surface area contributed by atoms with Gasteiger partial charge in [-0.3, -0.25) is 9.48 Å². The molecule has 1 amide bonds. The molecule has 10 heteroatoms. The molecule has 10 nitrogen and oxygen atoms in total. The SMILES string of the molecule is COc1nn(C)cc1C(=O)N1CCN(c2nc(C)cc(N3CCN(C)CC3)n2)CC1. The second-order valence-electron chi connectivity index (χ2n) is 7.96. The Morgan fingerprint density at radius 1 is 0.967 bits per heavy atom. The van der Waals surface area contributed by atoms with Gasteiger partial charge in [0.2, 0.25) is 11.8 Å². The molecule has 2 aromatic heterocycles. The number of ether oxygens (including phenoxy) is 1. The summed E-state index contributed by atoms with van der Waals surface area (Å²) in [7, 11) is 5.46. The third-order valence-corrected chi connectivity index (χ3v) is 5.72. The van der Waals surface area contributed by atoms with Crippen LogP contribution >= 0.6 is 0 Å². The number of aromatic nitrogens is 4. The Balaban J connectivity index is 1.43. The Bertz CT molecular complexity index is 898. The molecule has 4 rings (SSSR count). The van der Waals surface area contributed by atoms with Crippen LogP contribution in [0.1, 0.15) is 16.1 Å². The summed E-state index contributed by atoms with van der Waals surface area (Å²) in [5.41, 5.74) is 1.46. The Labute approximate surface area is 177 Å². The Kier molecular flexibility index (Phi) is 5.76. The highest BCUT2D eigenvalue weighted by Gasteiger charge is 2.27. The maximum Gasteiger partial charge on any atom is 0.261 e. The largest absolute Gasteiger partial charge is 0.479 e. The van der Waals surface area contributed by atoms with Crippen molar-refractivity contribution < 1.29 is 9.53 Å². The van der Waals surface area contributed by atoms with Crippen molar-refractivity contribution in [2.24, 2.45) is 7.05 Å². The van der Waals surface area contributed by atoms with E-state index in [1.165, 1.54) is 7.11 Å². The lowest BCUT2D eigenvalue weighted by Crippen LogP contribution is -2.49. The van der Waals surface area contributed by atoms with Crippen LogP contribution < -0.4 is 14.5 Å². The second kappa shape index (κ2) is 8.47. The van der Waals surface area contributed by atoms with E-state index in [2.05, 4.69) is 37.9 Å². The van der Waals surface area contributed by atoms with Crippen molar-refractivity contribution in [3.8, 4) is 5.88 Å². The van der Waals surface area contributed by atoms with Crippen molar-refractivity contribution in [3.63, 3.8) is 0 Å². The predicted molar refractivity (Wildman–Crippen MR) is 114 cm³/mol. The van der Waals surface area contributed by atoms with Gasteiger partial charge in [-0.15, -0.1) is 5.10 Å². The maximum absolute atomic E-state index is 12.9. The molecule has 0 radical (unpaired) electrons. The fraction of sp³-hybridized carbons (Fsp3) is 0.600. The molecule has 2 aliphatic heterocycles. The highest BCUT2D eigenvalue weighted by atomic mass is 16.5. The molecule has 0 aliphatic carbocycles. The molecule has 2 aliphatic rings. The molecule has 162 valence electrons. The molecular formula is C20H30N8O2. The highest BCUT2D eigenvalue weighted by Crippen LogP contribution is 2.22. The number of methoxy groups -OCH3 is 1. The summed E-state index contributed by atoms with van der Waals surface area (Å²) in [6, 6.07) is 2.06. The van der Waals surface area contributed by atoms with E-state index in [4.69, 9.17) is 9.72 Å². The van der Waals surface area contributed by atoms with E-state index < -0.39 is 0 Å². The lowest BCUT2D eigenvalue weighted by molar-refractivity contribution is 0.0742. The smallest absolute Gasteiger partial charge is 0.261 e. The van der Waals surface area contributed by atoms with Crippen LogP contribution in [-0.2, 0) is 7.05 Å². The van der Waals surface area contributed by atoms with E-state index in [0.29, 0.717) is 37.6 Å². The van der Waals surface area contributed by atoms with Gasteiger partial charge >= 0.3 is 0 Å². The molecule has 0 atom stereocenters. The number of aryl methyl sites for hydroxylation is 2. The van der Waals surface area contributed by atoms with Gasteiger partial charge in [-0.1, -0.05) is 0 Å². The summed E-state index contributed by atoms with van der Waals surface area (Å²) in [5, 5.41) is 4.18. The van der Waals surface area contributed by atoms with Gasteiger partial charge in [0.1, 0.15) is 11.4 Å². The number of hydrogen-bond acceptors (Lipinski definition) is 8. The highest BCUT2D eigenvalue weighted by molar-refractivity contribution is 5.96. The quantitative estimate of drug-likeness (QED) is 0.704. The molecule has 30 heavy (non-hydrogen) atoms. The third-order valence-electron chi connectivity index (χ3n) is 5.72. The number of amides is 1. The number of carbonyl (C=O) groups excluding carboxylic acids is 1. The van der Waals surface area contributed by atoms with Crippen LogP contribution in [0.25, 0.3) is 0 Å². The predicted octanol–water partition coefficient (Wildman–Crippen LogP) is 0.241. The van der Waals surface area contributed by atoms with Gasteiger partial charge in [0.25, 0.3) is 5.91 Å². The number of hydrogen-bond donors (Lipinski definition) is 0. The molecule has 0 saturated carbocycles. The summed E-state index contributed by atoms with van der Waals surface area (Å²) in [4.78, 5) is 31.1. The second-order valence-corrected chi connectivity index (χ2v) is 7.96. The first-order valence-corrected chi connectivity index (χ1v) is 10.4. The van der Waals surface area contributed by atoms with Crippen molar-refractivity contribution in [2.45, 2.75) is 6.92 Å². The van der Waals surface area contributed by atoms with E-state index in [1.54, 1.807) is 17.9 Å². The average molecular weight is 415 g/mol. The number of piperazine rings is 2. The van der Waals surface area contributed by atoms with Gasteiger partial charge in [0.05, 0.1) is 7.11 Å². The van der Waals surface area contributed by atoms with Crippen molar-refractivity contribution in [1.29, 1.82) is 0 Å². The molecule has 0 N–H and O–H groups in total. The first kappa shape index (κ1) is 20.4. The van der Waals surface area contributed by atoms with E-state index in [9.17, 15) is 4.79 Å². The average Bonchev–Trinajstić information content (AvgIpc) is 3.14.